The molecule has 1 aromatic carbocycles. The van der Waals surface area contributed by atoms with Crippen LogP contribution in [0.25, 0.3) is 0 Å². The Morgan fingerprint density at radius 3 is 3.00 bits per heavy atom. The van der Waals surface area contributed by atoms with Gasteiger partial charge in [0.2, 0.25) is 0 Å². The number of hydrogen-bond acceptors (Lipinski definition) is 4. The fourth-order valence-corrected chi connectivity index (χ4v) is 2.40. The van der Waals surface area contributed by atoms with Gasteiger partial charge in [0, 0.05) is 24.0 Å². The number of nitrogens with zero attached hydrogens (tertiary/aromatic N) is 2. The van der Waals surface area contributed by atoms with Gasteiger partial charge in [-0.25, -0.2) is 4.98 Å². The van der Waals surface area contributed by atoms with E-state index in [1.165, 1.54) is 5.56 Å². The van der Waals surface area contributed by atoms with Crippen LogP contribution in [0.4, 0.5) is 0 Å². The maximum absolute atomic E-state index is 8.70. The summed E-state index contributed by atoms with van der Waals surface area (Å²) in [5.41, 5.74) is 5.11. The van der Waals surface area contributed by atoms with Crippen molar-refractivity contribution in [1.29, 1.82) is 0 Å². The van der Waals surface area contributed by atoms with Gasteiger partial charge in [0.15, 0.2) is 0 Å². The quantitative estimate of drug-likeness (QED) is 0.866. The van der Waals surface area contributed by atoms with Crippen LogP contribution < -0.4 is 0 Å². The van der Waals surface area contributed by atoms with Crippen LogP contribution in [0.3, 0.4) is 0 Å². The number of aliphatic hydroxyl groups excluding tert-OH is 1. The van der Waals surface area contributed by atoms with Crippen molar-refractivity contribution in [2.75, 3.05) is 13.7 Å². The van der Waals surface area contributed by atoms with Gasteiger partial charge in [-0.3, -0.25) is 4.90 Å². The number of aromatic nitrogens is 1. The summed E-state index contributed by atoms with van der Waals surface area (Å²) in [6, 6.07) is 8.09. The van der Waals surface area contributed by atoms with E-state index in [-0.39, 0.29) is 6.61 Å². The summed E-state index contributed by atoms with van der Waals surface area (Å²) in [6.07, 6.45) is 0. The molecule has 4 heteroatoms. The lowest BCUT2D eigenvalue weighted by atomic mass is 10.1. The molecule has 0 spiro atoms. The summed E-state index contributed by atoms with van der Waals surface area (Å²) in [5, 5.41) is 10.8. The molecule has 0 saturated carbocycles. The minimum absolute atomic E-state index is 0.103. The van der Waals surface area contributed by atoms with E-state index in [0.29, 0.717) is 0 Å². The predicted octanol–water partition coefficient (Wildman–Crippen LogP) is 2.12. The van der Waals surface area contributed by atoms with Crippen LogP contribution in [0.1, 0.15) is 16.8 Å². The zero-order valence-electron chi connectivity index (χ0n) is 10.8. The Morgan fingerprint density at radius 1 is 1.37 bits per heavy atom. The van der Waals surface area contributed by atoms with Crippen LogP contribution >= 0.6 is 11.3 Å². The molecule has 2 rings (SSSR count). The largest absolute Gasteiger partial charge is 0.384 e. The van der Waals surface area contributed by atoms with Gasteiger partial charge in [-0.05, 0) is 24.7 Å². The molecule has 0 amide bonds. The molecule has 1 aromatic heterocycles. The molecule has 0 atom stereocenters. The van der Waals surface area contributed by atoms with Crippen LogP contribution in [-0.2, 0) is 13.1 Å². The van der Waals surface area contributed by atoms with Gasteiger partial charge in [0.1, 0.15) is 6.61 Å². The maximum atomic E-state index is 8.70. The van der Waals surface area contributed by atoms with Crippen molar-refractivity contribution in [2.24, 2.45) is 0 Å². The monoisotopic (exact) mass is 272 g/mol. The molecule has 3 nitrogen and oxygen atoms in total. The third kappa shape index (κ3) is 4.49. The van der Waals surface area contributed by atoms with Crippen LogP contribution in [0.5, 0.6) is 0 Å². The number of aliphatic hydroxyl groups is 1. The molecule has 2 aromatic rings. The maximum Gasteiger partial charge on any atom is 0.104 e. The van der Waals surface area contributed by atoms with Crippen LogP contribution in [0.2, 0.25) is 0 Å². The Labute approximate surface area is 117 Å². The Kier molecular flexibility index (Phi) is 5.10. The van der Waals surface area contributed by atoms with Gasteiger partial charge in [-0.15, -0.1) is 11.3 Å². The number of hydrogen-bond donors (Lipinski definition) is 1. The van der Waals surface area contributed by atoms with E-state index in [1.54, 1.807) is 11.3 Å². The molecule has 98 valence electrons. The van der Waals surface area contributed by atoms with Crippen LogP contribution in [0.15, 0.2) is 35.2 Å². The van der Waals surface area contributed by atoms with Gasteiger partial charge in [0.05, 0.1) is 11.2 Å². The van der Waals surface area contributed by atoms with E-state index in [9.17, 15) is 0 Å². The van der Waals surface area contributed by atoms with Gasteiger partial charge in [-0.2, -0.15) is 0 Å². The highest BCUT2D eigenvalue weighted by Crippen LogP contribution is 2.10. The lowest BCUT2D eigenvalue weighted by molar-refractivity contribution is 0.316. The topological polar surface area (TPSA) is 36.4 Å². The summed E-state index contributed by atoms with van der Waals surface area (Å²) >= 11 is 1.62. The van der Waals surface area contributed by atoms with E-state index in [4.69, 9.17) is 5.11 Å². The average Bonchev–Trinajstić information content (AvgIpc) is 2.89. The van der Waals surface area contributed by atoms with Crippen molar-refractivity contribution >= 4 is 11.3 Å². The summed E-state index contributed by atoms with van der Waals surface area (Å²) < 4.78 is 0. The minimum Gasteiger partial charge on any atom is -0.384 e. The molecule has 0 unspecified atom stereocenters. The first-order valence-electron chi connectivity index (χ1n) is 6.02. The highest BCUT2D eigenvalue weighted by atomic mass is 32.1. The first kappa shape index (κ1) is 13.8. The third-order valence-electron chi connectivity index (χ3n) is 2.61. The third-order valence-corrected chi connectivity index (χ3v) is 3.24. The molecular weight excluding hydrogens is 256 g/mol. The Balaban J connectivity index is 1.98. The number of thiazole rings is 1. The predicted molar refractivity (Wildman–Crippen MR) is 77.7 cm³/mol. The van der Waals surface area contributed by atoms with E-state index < -0.39 is 0 Å². The van der Waals surface area contributed by atoms with E-state index >= 15 is 0 Å². The molecule has 0 fully saturated rings. The Hall–Kier alpha value is -1.67. The van der Waals surface area contributed by atoms with Crippen molar-refractivity contribution < 1.29 is 5.11 Å². The average molecular weight is 272 g/mol. The van der Waals surface area contributed by atoms with E-state index in [1.807, 2.05) is 17.6 Å². The van der Waals surface area contributed by atoms with E-state index in [0.717, 1.165) is 24.3 Å². The molecule has 1 N–H and O–H groups in total. The highest BCUT2D eigenvalue weighted by Gasteiger charge is 2.03. The second-order valence-corrected chi connectivity index (χ2v) is 5.03. The van der Waals surface area contributed by atoms with Crippen molar-refractivity contribution in [3.63, 3.8) is 0 Å². The molecule has 0 radical (unpaired) electrons. The van der Waals surface area contributed by atoms with Crippen molar-refractivity contribution in [3.8, 4) is 11.8 Å². The zero-order valence-corrected chi connectivity index (χ0v) is 11.7. The Morgan fingerprint density at radius 2 is 2.26 bits per heavy atom. The fraction of sp³-hybridized carbons (Fsp3) is 0.267. The summed E-state index contributed by atoms with van der Waals surface area (Å²) in [6.45, 7) is 1.59. The number of benzene rings is 1. The zero-order chi connectivity index (χ0) is 13.5. The normalized spacial score (nSPS) is 10.3. The van der Waals surface area contributed by atoms with Gasteiger partial charge in [0.25, 0.3) is 0 Å². The molecule has 0 aliphatic heterocycles. The molecule has 19 heavy (non-hydrogen) atoms. The SMILES string of the molecule is CN(Cc1cccc(C#CCO)c1)Cc1cscn1. The summed E-state index contributed by atoms with van der Waals surface area (Å²) in [7, 11) is 2.07. The Bertz CT molecular complexity index is 569. The first-order chi connectivity index (χ1) is 9.28. The molecule has 0 aliphatic carbocycles. The molecule has 0 saturated heterocycles. The van der Waals surface area contributed by atoms with Crippen LogP contribution in [-0.4, -0.2) is 28.6 Å². The van der Waals surface area contributed by atoms with Gasteiger partial charge >= 0.3 is 0 Å². The first-order valence-corrected chi connectivity index (χ1v) is 6.96. The summed E-state index contributed by atoms with van der Waals surface area (Å²) in [4.78, 5) is 6.50. The lowest BCUT2D eigenvalue weighted by Crippen LogP contribution is -2.17. The molecule has 1 heterocycles. The van der Waals surface area contributed by atoms with Crippen molar-refractivity contribution in [1.82, 2.24) is 9.88 Å². The second-order valence-electron chi connectivity index (χ2n) is 4.31. The second kappa shape index (κ2) is 7.05. The molecule has 0 aliphatic rings. The van der Waals surface area contributed by atoms with Crippen LogP contribution in [0, 0.1) is 11.8 Å². The van der Waals surface area contributed by atoms with Gasteiger partial charge < -0.3 is 5.11 Å². The highest BCUT2D eigenvalue weighted by molar-refractivity contribution is 7.07. The smallest absolute Gasteiger partial charge is 0.104 e. The van der Waals surface area contributed by atoms with Crippen molar-refractivity contribution in [3.05, 3.63) is 52.0 Å². The lowest BCUT2D eigenvalue weighted by Gasteiger charge is -2.15. The van der Waals surface area contributed by atoms with Crippen molar-refractivity contribution in [2.45, 2.75) is 13.1 Å². The van der Waals surface area contributed by atoms with E-state index in [2.05, 4.69) is 46.3 Å². The molecular formula is C15H16N2OS. The molecule has 0 bridgehead atoms. The fourth-order valence-electron chi connectivity index (χ4n) is 1.85. The number of rotatable bonds is 4. The standard InChI is InChI=1S/C15H16N2OS/c1-17(10-15-11-19-12-16-15)9-14-5-2-4-13(8-14)6-3-7-18/h2,4-5,8,11-12,18H,7,9-10H2,1H3. The summed E-state index contributed by atoms with van der Waals surface area (Å²) in [5.74, 6) is 5.59. The van der Waals surface area contributed by atoms with Gasteiger partial charge in [-0.1, -0.05) is 24.0 Å². The minimum atomic E-state index is -0.103.